The van der Waals surface area contributed by atoms with Crippen LogP contribution in [0.4, 0.5) is 11.4 Å². The van der Waals surface area contributed by atoms with Gasteiger partial charge in [-0.2, -0.15) is 0 Å². The smallest absolute Gasteiger partial charge is 0.258 e. The lowest BCUT2D eigenvalue weighted by Gasteiger charge is -2.26. The summed E-state index contributed by atoms with van der Waals surface area (Å²) < 4.78 is 0. The van der Waals surface area contributed by atoms with Crippen LogP contribution in [-0.4, -0.2) is 32.8 Å². The molecule has 2 rings (SSSR count). The Hall–Kier alpha value is -2.85. The summed E-state index contributed by atoms with van der Waals surface area (Å²) in [6.07, 6.45) is 3.44. The average molecular weight is 467 g/mol. The maximum Gasteiger partial charge on any atom is 0.258 e. The second-order valence-corrected chi connectivity index (χ2v) is 9.08. The van der Waals surface area contributed by atoms with Crippen molar-refractivity contribution >= 4 is 40.2 Å². The molecule has 4 nitrogen and oxygen atoms in total. The Morgan fingerprint density at radius 2 is 1.70 bits per heavy atom. The number of nitrogens with zero attached hydrogens (tertiary/aromatic N) is 2. The average Bonchev–Trinajstić information content (AvgIpc) is 2.76. The molecule has 0 saturated carbocycles. The predicted octanol–water partition coefficient (Wildman–Crippen LogP) is 6.79. The molecule has 176 valence electrons. The van der Waals surface area contributed by atoms with E-state index in [0.29, 0.717) is 21.9 Å². The van der Waals surface area contributed by atoms with Crippen LogP contribution >= 0.6 is 11.6 Å². The molecule has 1 amide bonds. The van der Waals surface area contributed by atoms with Gasteiger partial charge in [0.2, 0.25) is 0 Å². The summed E-state index contributed by atoms with van der Waals surface area (Å²) in [5, 5.41) is 0.499. The fraction of sp³-hybridized carbons (Fsp3) is 0.357. The van der Waals surface area contributed by atoms with Gasteiger partial charge in [-0.3, -0.25) is 9.59 Å². The van der Waals surface area contributed by atoms with Gasteiger partial charge in [-0.1, -0.05) is 56.1 Å². The second-order valence-electron chi connectivity index (χ2n) is 8.68. The number of ketones is 1. The molecule has 0 aliphatic heterocycles. The molecule has 0 spiro atoms. The van der Waals surface area contributed by atoms with Crippen molar-refractivity contribution in [2.24, 2.45) is 5.92 Å². The number of amides is 1. The van der Waals surface area contributed by atoms with Gasteiger partial charge < -0.3 is 9.80 Å². The van der Waals surface area contributed by atoms with Crippen LogP contribution in [0.2, 0.25) is 5.02 Å². The normalized spacial score (nSPS) is 13.3. The Bertz CT molecular complexity index is 1070. The first-order valence-corrected chi connectivity index (χ1v) is 11.7. The molecular weight excluding hydrogens is 432 g/mol. The molecule has 0 radical (unpaired) electrons. The molecule has 0 unspecified atom stereocenters. The third-order valence-corrected chi connectivity index (χ3v) is 6.02. The third-order valence-electron chi connectivity index (χ3n) is 5.70. The zero-order valence-electron chi connectivity index (χ0n) is 20.8. The number of likely N-dealkylation sites (N-methyl/N-ethyl adjacent to an activating group) is 1. The van der Waals surface area contributed by atoms with E-state index in [2.05, 4.69) is 19.9 Å². The number of carbonyl (C=O) groups is 2. The maximum atomic E-state index is 14.0. The summed E-state index contributed by atoms with van der Waals surface area (Å²) in [7, 11) is 5.72. The molecule has 0 heterocycles. The highest BCUT2D eigenvalue weighted by Gasteiger charge is 2.27. The van der Waals surface area contributed by atoms with Gasteiger partial charge in [0.1, 0.15) is 0 Å². The van der Waals surface area contributed by atoms with Crippen molar-refractivity contribution < 1.29 is 9.59 Å². The Labute approximate surface area is 203 Å². The molecule has 1 atom stereocenters. The van der Waals surface area contributed by atoms with Gasteiger partial charge in [0.25, 0.3) is 5.91 Å². The van der Waals surface area contributed by atoms with E-state index in [0.717, 1.165) is 29.7 Å². The second kappa shape index (κ2) is 11.9. The minimum Gasteiger partial charge on any atom is -0.378 e. The Morgan fingerprint density at radius 1 is 1.03 bits per heavy atom. The van der Waals surface area contributed by atoms with Crippen LogP contribution in [0.25, 0.3) is 5.57 Å². The molecule has 0 saturated heterocycles. The summed E-state index contributed by atoms with van der Waals surface area (Å²) >= 11 is 6.41. The van der Waals surface area contributed by atoms with E-state index in [1.165, 1.54) is 6.92 Å². The van der Waals surface area contributed by atoms with E-state index < -0.39 is 0 Å². The lowest BCUT2D eigenvalue weighted by atomic mass is 9.83. The van der Waals surface area contributed by atoms with E-state index in [4.69, 9.17) is 11.6 Å². The van der Waals surface area contributed by atoms with Crippen molar-refractivity contribution in [3.63, 3.8) is 0 Å². The number of anilines is 2. The number of carbonyl (C=O) groups excluding carboxylic acids is 2. The van der Waals surface area contributed by atoms with Crippen LogP contribution in [0.5, 0.6) is 0 Å². The summed E-state index contributed by atoms with van der Waals surface area (Å²) in [6.45, 7) is 7.62. The van der Waals surface area contributed by atoms with Gasteiger partial charge in [0.05, 0.1) is 10.7 Å². The molecular formula is C28H35ClN2O2. The Morgan fingerprint density at radius 3 is 2.27 bits per heavy atom. The van der Waals surface area contributed by atoms with Gasteiger partial charge in [-0.25, -0.2) is 0 Å². The summed E-state index contributed by atoms with van der Waals surface area (Å²) in [4.78, 5) is 29.6. The van der Waals surface area contributed by atoms with E-state index in [-0.39, 0.29) is 17.6 Å². The van der Waals surface area contributed by atoms with Crippen molar-refractivity contribution in [2.75, 3.05) is 30.9 Å². The summed E-state index contributed by atoms with van der Waals surface area (Å²) in [5.74, 6) is -0.171. The van der Waals surface area contributed by atoms with Gasteiger partial charge in [-0.15, -0.1) is 0 Å². The maximum absolute atomic E-state index is 14.0. The highest BCUT2D eigenvalue weighted by molar-refractivity contribution is 6.34. The van der Waals surface area contributed by atoms with E-state index in [9.17, 15) is 9.59 Å². The highest BCUT2D eigenvalue weighted by atomic mass is 35.5. The zero-order valence-corrected chi connectivity index (χ0v) is 21.5. The lowest BCUT2D eigenvalue weighted by Crippen LogP contribution is -2.30. The van der Waals surface area contributed by atoms with Crippen molar-refractivity contribution in [1.82, 2.24) is 0 Å². The first kappa shape index (κ1) is 26.4. The molecule has 33 heavy (non-hydrogen) atoms. The number of hydrogen-bond acceptors (Lipinski definition) is 3. The van der Waals surface area contributed by atoms with Gasteiger partial charge in [0.15, 0.2) is 5.78 Å². The molecule has 0 aliphatic carbocycles. The molecule has 2 aromatic carbocycles. The van der Waals surface area contributed by atoms with E-state index in [1.54, 1.807) is 24.1 Å². The first-order chi connectivity index (χ1) is 15.6. The van der Waals surface area contributed by atoms with Gasteiger partial charge >= 0.3 is 0 Å². The van der Waals surface area contributed by atoms with Crippen LogP contribution in [0.3, 0.4) is 0 Å². The molecule has 0 aromatic heterocycles. The molecule has 0 bridgehead atoms. The van der Waals surface area contributed by atoms with Crippen LogP contribution in [0, 0.1) is 5.92 Å². The minimum atomic E-state index is -0.189. The number of halogens is 1. The van der Waals surface area contributed by atoms with Crippen LogP contribution < -0.4 is 9.80 Å². The van der Waals surface area contributed by atoms with Crippen molar-refractivity contribution in [3.8, 4) is 0 Å². The lowest BCUT2D eigenvalue weighted by molar-refractivity contribution is -0.114. The molecule has 0 N–H and O–H groups in total. The SMILES string of the molecule is CCC[C@@H](C)/C(=C(C(=O)N(C)c1ccccc1Cl)\C(C)=C/C(C)=O)c1cccc(N(C)C)c1. The number of hydrogen-bond donors (Lipinski definition) is 0. The van der Waals surface area contributed by atoms with Crippen molar-refractivity contribution in [2.45, 2.75) is 40.5 Å². The topological polar surface area (TPSA) is 40.6 Å². The van der Waals surface area contributed by atoms with Crippen molar-refractivity contribution in [1.29, 1.82) is 0 Å². The number of rotatable bonds is 9. The van der Waals surface area contributed by atoms with E-state index >= 15 is 0 Å². The third kappa shape index (κ3) is 6.58. The fourth-order valence-electron chi connectivity index (χ4n) is 4.08. The van der Waals surface area contributed by atoms with Crippen LogP contribution in [0.15, 0.2) is 65.8 Å². The first-order valence-electron chi connectivity index (χ1n) is 11.3. The van der Waals surface area contributed by atoms with E-state index in [1.807, 2.05) is 62.3 Å². The fourth-order valence-corrected chi connectivity index (χ4v) is 4.34. The van der Waals surface area contributed by atoms with Crippen molar-refractivity contribution in [3.05, 3.63) is 76.3 Å². The Kier molecular flexibility index (Phi) is 9.48. The quantitative estimate of drug-likeness (QED) is 0.301. The summed E-state index contributed by atoms with van der Waals surface area (Å²) in [6, 6.07) is 15.5. The molecule has 5 heteroatoms. The standard InChI is InChI=1S/C28H35ClN2O2/c1-8-12-19(2)26(22-13-11-14-23(18-22)30(5)6)27(20(3)17-21(4)32)28(33)31(7)25-16-10-9-15-24(25)29/h9-11,13-19H,8,12H2,1-7H3/b20-17-,27-26-/t19-/m1/s1. The molecule has 2 aromatic rings. The summed E-state index contributed by atoms with van der Waals surface area (Å²) in [5.41, 5.74) is 4.80. The minimum absolute atomic E-state index is 0.0947. The Balaban J connectivity index is 2.85. The highest BCUT2D eigenvalue weighted by Crippen LogP contribution is 2.36. The van der Waals surface area contributed by atoms with Crippen LogP contribution in [-0.2, 0) is 9.59 Å². The number of benzene rings is 2. The molecule has 0 fully saturated rings. The number of allylic oxidation sites excluding steroid dienone is 2. The zero-order chi connectivity index (χ0) is 24.7. The largest absolute Gasteiger partial charge is 0.378 e. The number of para-hydroxylation sites is 1. The predicted molar refractivity (Wildman–Crippen MR) is 141 cm³/mol. The monoisotopic (exact) mass is 466 g/mol. The molecule has 0 aliphatic rings. The van der Waals surface area contributed by atoms with Gasteiger partial charge in [0, 0.05) is 32.4 Å². The van der Waals surface area contributed by atoms with Gasteiger partial charge in [-0.05, 0) is 73.2 Å². The van der Waals surface area contributed by atoms with Crippen LogP contribution in [0.1, 0.15) is 46.1 Å².